The number of hydrogen-bond donors (Lipinski definition) is 2. The number of carbonyl (C=O) groups excluding carboxylic acids is 1. The van der Waals surface area contributed by atoms with Crippen molar-refractivity contribution in [3.8, 4) is 17.2 Å². The fraction of sp³-hybridized carbons (Fsp3) is 0.316. The van der Waals surface area contributed by atoms with Gasteiger partial charge in [-0.25, -0.2) is 13.1 Å². The van der Waals surface area contributed by atoms with Gasteiger partial charge >= 0.3 is 0 Å². The lowest BCUT2D eigenvalue weighted by Crippen LogP contribution is -2.24. The Bertz CT molecular complexity index is 978. The molecule has 0 spiro atoms. The summed E-state index contributed by atoms with van der Waals surface area (Å²) in [5.74, 6) is 1.26. The van der Waals surface area contributed by atoms with Crippen molar-refractivity contribution in [2.45, 2.75) is 24.3 Å². The number of fused-ring (bicyclic) bond motifs is 1. The summed E-state index contributed by atoms with van der Waals surface area (Å²) in [5.41, 5.74) is 2.11. The van der Waals surface area contributed by atoms with Gasteiger partial charge in [0, 0.05) is 18.7 Å². The average molecular weight is 406 g/mol. The summed E-state index contributed by atoms with van der Waals surface area (Å²) in [6.45, 7) is 0.0485. The molecule has 0 aromatic heterocycles. The van der Waals surface area contributed by atoms with Crippen LogP contribution in [0.2, 0.25) is 0 Å². The van der Waals surface area contributed by atoms with E-state index in [-0.39, 0.29) is 17.3 Å². The Kier molecular flexibility index (Phi) is 5.76. The summed E-state index contributed by atoms with van der Waals surface area (Å²) >= 11 is 0. The lowest BCUT2D eigenvalue weighted by Gasteiger charge is -2.18. The van der Waals surface area contributed by atoms with Crippen molar-refractivity contribution in [1.82, 2.24) is 4.72 Å². The largest absolute Gasteiger partial charge is 0.493 e. The maximum absolute atomic E-state index is 12.7. The fourth-order valence-electron chi connectivity index (χ4n) is 3.03. The third-order valence-corrected chi connectivity index (χ3v) is 5.87. The van der Waals surface area contributed by atoms with Crippen LogP contribution in [0.4, 0.5) is 5.69 Å². The van der Waals surface area contributed by atoms with E-state index in [1.54, 1.807) is 24.3 Å². The first-order chi connectivity index (χ1) is 13.4. The Balaban J connectivity index is 1.81. The van der Waals surface area contributed by atoms with Crippen molar-refractivity contribution in [3.05, 3.63) is 41.5 Å². The first-order valence-electron chi connectivity index (χ1n) is 8.59. The molecule has 1 amide bonds. The quantitative estimate of drug-likeness (QED) is 0.730. The van der Waals surface area contributed by atoms with Crippen LogP contribution < -0.4 is 24.2 Å². The van der Waals surface area contributed by atoms with Crippen molar-refractivity contribution < 1.29 is 27.4 Å². The van der Waals surface area contributed by atoms with Crippen LogP contribution in [0.1, 0.15) is 17.5 Å². The van der Waals surface area contributed by atoms with Gasteiger partial charge in [-0.3, -0.25) is 4.79 Å². The van der Waals surface area contributed by atoms with Gasteiger partial charge in [0.2, 0.25) is 21.7 Å². The molecule has 8 nitrogen and oxygen atoms in total. The van der Waals surface area contributed by atoms with E-state index in [4.69, 9.17) is 14.2 Å². The van der Waals surface area contributed by atoms with Gasteiger partial charge in [0.15, 0.2) is 11.5 Å². The summed E-state index contributed by atoms with van der Waals surface area (Å²) in [6, 6.07) is 8.05. The van der Waals surface area contributed by atoms with Crippen LogP contribution in [0.25, 0.3) is 0 Å². The SMILES string of the molecule is COc1cc(CNS(=O)(=O)c2ccc3c(c2)CCC(=O)N3)cc(OC)c1OC. The van der Waals surface area contributed by atoms with E-state index in [0.29, 0.717) is 41.3 Å². The molecule has 1 heterocycles. The highest BCUT2D eigenvalue weighted by atomic mass is 32.2. The molecule has 2 aromatic rings. The number of anilines is 1. The monoisotopic (exact) mass is 406 g/mol. The summed E-state index contributed by atoms with van der Waals surface area (Å²) in [4.78, 5) is 11.6. The van der Waals surface area contributed by atoms with E-state index < -0.39 is 10.0 Å². The molecule has 2 N–H and O–H groups in total. The zero-order chi connectivity index (χ0) is 20.3. The molecule has 28 heavy (non-hydrogen) atoms. The number of nitrogens with one attached hydrogen (secondary N) is 2. The van der Waals surface area contributed by atoms with Crippen LogP contribution in [0, 0.1) is 0 Å². The molecule has 0 unspecified atom stereocenters. The number of ether oxygens (including phenoxy) is 3. The van der Waals surface area contributed by atoms with Gasteiger partial charge in [0.1, 0.15) is 0 Å². The molecule has 0 radical (unpaired) electrons. The Hall–Kier alpha value is -2.78. The number of methoxy groups -OCH3 is 3. The predicted octanol–water partition coefficient (Wildman–Crippen LogP) is 2.08. The molecular weight excluding hydrogens is 384 g/mol. The van der Waals surface area contributed by atoms with Gasteiger partial charge in [-0.15, -0.1) is 0 Å². The van der Waals surface area contributed by atoms with Gasteiger partial charge in [-0.1, -0.05) is 0 Å². The number of hydrogen-bond acceptors (Lipinski definition) is 6. The van der Waals surface area contributed by atoms with Crippen molar-refractivity contribution in [2.24, 2.45) is 0 Å². The van der Waals surface area contributed by atoms with Gasteiger partial charge < -0.3 is 19.5 Å². The fourth-order valence-corrected chi connectivity index (χ4v) is 4.09. The van der Waals surface area contributed by atoms with Gasteiger partial charge in [-0.2, -0.15) is 0 Å². The number of sulfonamides is 1. The minimum atomic E-state index is -3.74. The Morgan fingerprint density at radius 1 is 1.00 bits per heavy atom. The number of amides is 1. The highest BCUT2D eigenvalue weighted by molar-refractivity contribution is 7.89. The molecule has 0 saturated heterocycles. The highest BCUT2D eigenvalue weighted by Gasteiger charge is 2.20. The molecular formula is C19H22N2O6S. The average Bonchev–Trinajstić information content (AvgIpc) is 2.70. The molecule has 0 atom stereocenters. The van der Waals surface area contributed by atoms with Crippen LogP contribution in [0.3, 0.4) is 0 Å². The lowest BCUT2D eigenvalue weighted by atomic mass is 10.0. The van der Waals surface area contributed by atoms with E-state index in [2.05, 4.69) is 10.0 Å². The smallest absolute Gasteiger partial charge is 0.240 e. The standard InChI is InChI=1S/C19H22N2O6S/c1-25-16-8-12(9-17(26-2)19(16)27-3)11-20-28(23,24)14-5-6-15-13(10-14)4-7-18(22)21-15/h5-6,8-10,20H,4,7,11H2,1-3H3,(H,21,22). The van der Waals surface area contributed by atoms with E-state index in [0.717, 1.165) is 5.56 Å². The summed E-state index contributed by atoms with van der Waals surface area (Å²) < 4.78 is 43.8. The van der Waals surface area contributed by atoms with Crippen molar-refractivity contribution in [1.29, 1.82) is 0 Å². The number of rotatable bonds is 7. The van der Waals surface area contributed by atoms with E-state index in [1.165, 1.54) is 27.4 Å². The molecule has 2 aromatic carbocycles. The third kappa shape index (κ3) is 4.05. The summed E-state index contributed by atoms with van der Waals surface area (Å²) in [7, 11) is 0.760. The Labute approximate surface area is 163 Å². The molecule has 0 fully saturated rings. The molecule has 150 valence electrons. The van der Waals surface area contributed by atoms with E-state index in [9.17, 15) is 13.2 Å². The molecule has 0 saturated carbocycles. The second kappa shape index (κ2) is 8.07. The lowest BCUT2D eigenvalue weighted by molar-refractivity contribution is -0.116. The van der Waals surface area contributed by atoms with Crippen molar-refractivity contribution in [2.75, 3.05) is 26.6 Å². The second-order valence-electron chi connectivity index (χ2n) is 6.23. The second-order valence-corrected chi connectivity index (χ2v) is 7.99. The predicted molar refractivity (Wildman–Crippen MR) is 104 cm³/mol. The van der Waals surface area contributed by atoms with Crippen molar-refractivity contribution >= 4 is 21.6 Å². The van der Waals surface area contributed by atoms with Gasteiger partial charge in [0.25, 0.3) is 0 Å². The highest BCUT2D eigenvalue weighted by Crippen LogP contribution is 2.38. The first kappa shape index (κ1) is 20.0. The van der Waals surface area contributed by atoms with Crippen LogP contribution in [-0.2, 0) is 27.8 Å². The van der Waals surface area contributed by atoms with E-state index >= 15 is 0 Å². The first-order valence-corrected chi connectivity index (χ1v) is 10.1. The van der Waals surface area contributed by atoms with E-state index in [1.807, 2.05) is 0 Å². The minimum absolute atomic E-state index is 0.0485. The third-order valence-electron chi connectivity index (χ3n) is 4.47. The number of benzene rings is 2. The molecule has 1 aliphatic heterocycles. The normalized spacial score (nSPS) is 13.5. The molecule has 3 rings (SSSR count). The van der Waals surface area contributed by atoms with Crippen molar-refractivity contribution in [3.63, 3.8) is 0 Å². The Morgan fingerprint density at radius 2 is 1.68 bits per heavy atom. The van der Waals surface area contributed by atoms with Gasteiger partial charge in [-0.05, 0) is 47.9 Å². The molecule has 0 bridgehead atoms. The van der Waals surface area contributed by atoms with Gasteiger partial charge in [0.05, 0.1) is 26.2 Å². The maximum atomic E-state index is 12.7. The number of carbonyl (C=O) groups is 1. The number of aryl methyl sites for hydroxylation is 1. The Morgan fingerprint density at radius 3 is 2.29 bits per heavy atom. The molecule has 9 heteroatoms. The summed E-state index contributed by atoms with van der Waals surface area (Å²) in [5, 5.41) is 2.74. The van der Waals surface area contributed by atoms with Crippen LogP contribution in [0.5, 0.6) is 17.2 Å². The topological polar surface area (TPSA) is 103 Å². The molecule has 0 aliphatic carbocycles. The van der Waals surface area contributed by atoms with Crippen LogP contribution in [0.15, 0.2) is 35.2 Å². The minimum Gasteiger partial charge on any atom is -0.493 e. The summed E-state index contributed by atoms with van der Waals surface area (Å²) in [6.07, 6.45) is 0.854. The zero-order valence-electron chi connectivity index (χ0n) is 15.9. The van der Waals surface area contributed by atoms with Crippen LogP contribution in [-0.4, -0.2) is 35.7 Å². The maximum Gasteiger partial charge on any atom is 0.240 e. The zero-order valence-corrected chi connectivity index (χ0v) is 16.7. The molecule has 1 aliphatic rings. The van der Waals surface area contributed by atoms with Crippen LogP contribution >= 0.6 is 0 Å².